The predicted molar refractivity (Wildman–Crippen MR) is 59.9 cm³/mol. The molecule has 4 N–H and O–H groups in total. The van der Waals surface area contributed by atoms with Gasteiger partial charge in [0.1, 0.15) is 12.5 Å². The van der Waals surface area contributed by atoms with E-state index in [9.17, 15) is 0 Å². The highest BCUT2D eigenvalue weighted by atomic mass is 16.3. The summed E-state index contributed by atoms with van der Waals surface area (Å²) in [6.07, 6.45) is 1.45. The maximum Gasteiger partial charge on any atom is 0.102 e. The SMILES string of the molecule is CCCNC(C)O.CCCNC(C)O. The van der Waals surface area contributed by atoms with Crippen molar-refractivity contribution in [1.29, 1.82) is 0 Å². The van der Waals surface area contributed by atoms with Gasteiger partial charge in [-0.3, -0.25) is 10.6 Å². The Hall–Kier alpha value is -0.160. The number of aliphatic hydroxyl groups excluding tert-OH is 2. The van der Waals surface area contributed by atoms with Crippen LogP contribution in [0.3, 0.4) is 0 Å². The van der Waals surface area contributed by atoms with E-state index in [1.165, 1.54) is 0 Å². The predicted octanol–water partition coefficient (Wildman–Crippen LogP) is 0.649. The van der Waals surface area contributed by atoms with Crippen molar-refractivity contribution >= 4 is 0 Å². The molecule has 4 heteroatoms. The average Bonchev–Trinajstić information content (AvgIpc) is 2.12. The van der Waals surface area contributed by atoms with E-state index in [4.69, 9.17) is 10.2 Å². The summed E-state index contributed by atoms with van der Waals surface area (Å²) < 4.78 is 0. The van der Waals surface area contributed by atoms with Crippen LogP contribution in [0.25, 0.3) is 0 Å². The molecule has 0 aliphatic carbocycles. The Bertz CT molecular complexity index is 86.1. The van der Waals surface area contributed by atoms with Gasteiger partial charge in [-0.15, -0.1) is 0 Å². The third-order valence-corrected chi connectivity index (χ3v) is 1.38. The highest BCUT2D eigenvalue weighted by Gasteiger charge is 1.87. The van der Waals surface area contributed by atoms with Crippen molar-refractivity contribution in [1.82, 2.24) is 10.6 Å². The smallest absolute Gasteiger partial charge is 0.102 e. The van der Waals surface area contributed by atoms with Gasteiger partial charge in [0, 0.05) is 0 Å². The van der Waals surface area contributed by atoms with E-state index in [-0.39, 0.29) is 12.5 Å². The molecule has 0 spiro atoms. The second kappa shape index (κ2) is 12.8. The van der Waals surface area contributed by atoms with Crippen LogP contribution in [0.1, 0.15) is 40.5 Å². The van der Waals surface area contributed by atoms with Gasteiger partial charge in [0.05, 0.1) is 0 Å². The number of hydrogen-bond acceptors (Lipinski definition) is 4. The van der Waals surface area contributed by atoms with E-state index >= 15 is 0 Å². The number of rotatable bonds is 6. The van der Waals surface area contributed by atoms with E-state index < -0.39 is 0 Å². The maximum absolute atomic E-state index is 8.57. The molecule has 0 fully saturated rings. The summed E-state index contributed by atoms with van der Waals surface area (Å²) in [5.41, 5.74) is 0. The summed E-state index contributed by atoms with van der Waals surface area (Å²) in [4.78, 5) is 0. The molecule has 2 unspecified atom stereocenters. The second-order valence-corrected chi connectivity index (χ2v) is 3.26. The molecule has 0 aliphatic heterocycles. The highest BCUT2D eigenvalue weighted by molar-refractivity contribution is 4.41. The molecule has 0 saturated heterocycles. The van der Waals surface area contributed by atoms with Gasteiger partial charge in [-0.1, -0.05) is 13.8 Å². The van der Waals surface area contributed by atoms with Crippen molar-refractivity contribution in [3.05, 3.63) is 0 Å². The summed E-state index contributed by atoms with van der Waals surface area (Å²) in [5, 5.41) is 22.8. The first-order chi connectivity index (χ1) is 6.54. The first kappa shape index (κ1) is 16.3. The third kappa shape index (κ3) is 22.6. The zero-order valence-corrected chi connectivity index (χ0v) is 9.88. The van der Waals surface area contributed by atoms with Crippen LogP contribution >= 0.6 is 0 Å². The third-order valence-electron chi connectivity index (χ3n) is 1.38. The summed E-state index contributed by atoms with van der Waals surface area (Å²) in [6.45, 7) is 9.37. The van der Waals surface area contributed by atoms with Crippen LogP contribution in [0, 0.1) is 0 Å². The van der Waals surface area contributed by atoms with Crippen LogP contribution < -0.4 is 10.6 Å². The minimum absolute atomic E-state index is 0.347. The Morgan fingerprint density at radius 3 is 1.21 bits per heavy atom. The average molecular weight is 206 g/mol. The Labute approximate surface area is 87.7 Å². The van der Waals surface area contributed by atoms with Crippen molar-refractivity contribution in [2.75, 3.05) is 13.1 Å². The lowest BCUT2D eigenvalue weighted by Gasteiger charge is -2.02. The van der Waals surface area contributed by atoms with Gasteiger partial charge >= 0.3 is 0 Å². The number of nitrogens with one attached hydrogen (secondary N) is 2. The fraction of sp³-hybridized carbons (Fsp3) is 1.00. The second-order valence-electron chi connectivity index (χ2n) is 3.26. The summed E-state index contributed by atoms with van der Waals surface area (Å²) in [5.74, 6) is 0. The fourth-order valence-corrected chi connectivity index (χ4v) is 0.706. The molecule has 0 aromatic carbocycles. The van der Waals surface area contributed by atoms with E-state index in [0.717, 1.165) is 25.9 Å². The zero-order chi connectivity index (χ0) is 11.4. The van der Waals surface area contributed by atoms with Gasteiger partial charge in [0.15, 0.2) is 0 Å². The molecule has 0 amide bonds. The first-order valence-electron chi connectivity index (χ1n) is 5.37. The molecule has 0 aliphatic rings. The van der Waals surface area contributed by atoms with Crippen LogP contribution in [-0.2, 0) is 0 Å². The Morgan fingerprint density at radius 1 is 0.857 bits per heavy atom. The minimum Gasteiger partial charge on any atom is -0.379 e. The zero-order valence-electron chi connectivity index (χ0n) is 9.88. The van der Waals surface area contributed by atoms with E-state index in [2.05, 4.69) is 24.5 Å². The van der Waals surface area contributed by atoms with Gasteiger partial charge in [0.2, 0.25) is 0 Å². The molecular formula is C10H26N2O2. The van der Waals surface area contributed by atoms with Crippen molar-refractivity contribution in [3.63, 3.8) is 0 Å². The summed E-state index contributed by atoms with van der Waals surface area (Å²) in [6, 6.07) is 0. The molecule has 0 heterocycles. The lowest BCUT2D eigenvalue weighted by Crippen LogP contribution is -2.25. The topological polar surface area (TPSA) is 64.5 Å². The summed E-state index contributed by atoms with van der Waals surface area (Å²) >= 11 is 0. The lowest BCUT2D eigenvalue weighted by atomic mass is 10.5. The molecule has 4 nitrogen and oxygen atoms in total. The number of aliphatic hydroxyl groups is 2. The molecule has 0 aromatic heterocycles. The standard InChI is InChI=1S/2C5H13NO/c2*1-3-4-6-5(2)7/h2*5-7H,3-4H2,1-2H3. The van der Waals surface area contributed by atoms with Crippen LogP contribution in [0.5, 0.6) is 0 Å². The molecular weight excluding hydrogens is 180 g/mol. The molecule has 2 atom stereocenters. The molecule has 0 rings (SSSR count). The van der Waals surface area contributed by atoms with Gasteiger partial charge in [-0.05, 0) is 39.8 Å². The van der Waals surface area contributed by atoms with Crippen LogP contribution in [0.4, 0.5) is 0 Å². The van der Waals surface area contributed by atoms with Crippen LogP contribution in [0.15, 0.2) is 0 Å². The Balaban J connectivity index is 0. The maximum atomic E-state index is 8.57. The highest BCUT2D eigenvalue weighted by Crippen LogP contribution is 1.73. The summed E-state index contributed by atoms with van der Waals surface area (Å²) in [7, 11) is 0. The van der Waals surface area contributed by atoms with E-state index in [1.807, 2.05) is 0 Å². The minimum atomic E-state index is -0.347. The van der Waals surface area contributed by atoms with Gasteiger partial charge in [0.25, 0.3) is 0 Å². The molecule has 0 aromatic rings. The Morgan fingerprint density at radius 2 is 1.14 bits per heavy atom. The van der Waals surface area contributed by atoms with Crippen molar-refractivity contribution < 1.29 is 10.2 Å². The molecule has 0 bridgehead atoms. The van der Waals surface area contributed by atoms with E-state index in [1.54, 1.807) is 13.8 Å². The molecule has 88 valence electrons. The molecule has 0 saturated carbocycles. The normalized spacial score (nSPS) is 14.1. The lowest BCUT2D eigenvalue weighted by molar-refractivity contribution is 0.156. The quantitative estimate of drug-likeness (QED) is 0.482. The molecule has 0 radical (unpaired) electrons. The Kier molecular flexibility index (Phi) is 14.9. The largest absolute Gasteiger partial charge is 0.379 e. The van der Waals surface area contributed by atoms with Crippen LogP contribution in [-0.4, -0.2) is 35.8 Å². The van der Waals surface area contributed by atoms with E-state index in [0.29, 0.717) is 0 Å². The van der Waals surface area contributed by atoms with Crippen molar-refractivity contribution in [2.24, 2.45) is 0 Å². The first-order valence-corrected chi connectivity index (χ1v) is 5.37. The van der Waals surface area contributed by atoms with Crippen molar-refractivity contribution in [3.8, 4) is 0 Å². The van der Waals surface area contributed by atoms with Crippen molar-refractivity contribution in [2.45, 2.75) is 53.0 Å². The van der Waals surface area contributed by atoms with Gasteiger partial charge < -0.3 is 10.2 Å². The number of hydrogen-bond donors (Lipinski definition) is 4. The molecule has 14 heavy (non-hydrogen) atoms. The van der Waals surface area contributed by atoms with Gasteiger partial charge in [-0.25, -0.2) is 0 Å². The fourth-order valence-electron chi connectivity index (χ4n) is 0.706. The van der Waals surface area contributed by atoms with Crippen LogP contribution in [0.2, 0.25) is 0 Å². The monoisotopic (exact) mass is 206 g/mol. The van der Waals surface area contributed by atoms with Gasteiger partial charge in [-0.2, -0.15) is 0 Å².